The number of nitrogens with zero attached hydrogens (tertiary/aromatic N) is 4. The lowest BCUT2D eigenvalue weighted by Crippen LogP contribution is -2.48. The van der Waals surface area contributed by atoms with Crippen LogP contribution >= 0.6 is 11.3 Å². The van der Waals surface area contributed by atoms with Gasteiger partial charge in [0.05, 0.1) is 10.6 Å². The largest absolute Gasteiger partial charge is 0.353 e. The SMILES string of the molecule is O=C(NC1CCN(C(=O)c2nc(-c3cccs3)n(-c3cccc(F)c3)n2)CC1)C1CCCCC1. The molecular formula is C25H28FN5O2S. The summed E-state index contributed by atoms with van der Waals surface area (Å²) < 4.78 is 15.4. The normalized spacial score (nSPS) is 17.6. The van der Waals surface area contributed by atoms with Crippen molar-refractivity contribution in [2.24, 2.45) is 5.92 Å². The van der Waals surface area contributed by atoms with Gasteiger partial charge in [-0.2, -0.15) is 0 Å². The highest BCUT2D eigenvalue weighted by molar-refractivity contribution is 7.13. The zero-order valence-electron chi connectivity index (χ0n) is 19.0. The molecule has 7 nitrogen and oxygen atoms in total. The van der Waals surface area contributed by atoms with E-state index in [1.165, 1.54) is 34.6 Å². The molecule has 178 valence electrons. The molecule has 1 saturated heterocycles. The van der Waals surface area contributed by atoms with Crippen molar-refractivity contribution >= 4 is 23.2 Å². The third kappa shape index (κ3) is 4.89. The predicted molar refractivity (Wildman–Crippen MR) is 128 cm³/mol. The van der Waals surface area contributed by atoms with Crippen molar-refractivity contribution in [1.29, 1.82) is 0 Å². The second-order valence-corrected chi connectivity index (χ2v) is 9.99. The molecule has 3 aromatic rings. The third-order valence-electron chi connectivity index (χ3n) is 6.70. The molecule has 2 aromatic heterocycles. The number of carbonyl (C=O) groups is 2. The molecule has 9 heteroatoms. The zero-order valence-corrected chi connectivity index (χ0v) is 19.8. The molecule has 1 aliphatic carbocycles. The van der Waals surface area contributed by atoms with Gasteiger partial charge in [0.1, 0.15) is 5.82 Å². The molecule has 1 aliphatic heterocycles. The number of halogens is 1. The second-order valence-electron chi connectivity index (χ2n) is 9.04. The molecule has 2 amide bonds. The second kappa shape index (κ2) is 10.0. The van der Waals surface area contributed by atoms with Crippen LogP contribution in [0, 0.1) is 11.7 Å². The average Bonchev–Trinajstić information content (AvgIpc) is 3.55. The van der Waals surface area contributed by atoms with Crippen LogP contribution in [-0.4, -0.2) is 50.6 Å². The number of thiophene rings is 1. The van der Waals surface area contributed by atoms with Gasteiger partial charge in [-0.15, -0.1) is 16.4 Å². The van der Waals surface area contributed by atoms with E-state index in [1.54, 1.807) is 17.0 Å². The fourth-order valence-corrected chi connectivity index (χ4v) is 5.51. The first-order valence-corrected chi connectivity index (χ1v) is 12.8. The Balaban J connectivity index is 1.28. The van der Waals surface area contributed by atoms with Gasteiger partial charge in [-0.1, -0.05) is 31.4 Å². The summed E-state index contributed by atoms with van der Waals surface area (Å²) in [5, 5.41) is 9.59. The lowest BCUT2D eigenvalue weighted by molar-refractivity contribution is -0.126. The number of hydrogen-bond donors (Lipinski definition) is 1. The Kier molecular flexibility index (Phi) is 6.71. The van der Waals surface area contributed by atoms with E-state index in [9.17, 15) is 14.0 Å². The van der Waals surface area contributed by atoms with E-state index in [0.717, 1.165) is 30.6 Å². The van der Waals surface area contributed by atoms with Crippen LogP contribution in [0.4, 0.5) is 4.39 Å². The van der Waals surface area contributed by atoms with Crippen molar-refractivity contribution in [2.45, 2.75) is 51.0 Å². The van der Waals surface area contributed by atoms with Crippen molar-refractivity contribution in [3.63, 3.8) is 0 Å². The molecule has 34 heavy (non-hydrogen) atoms. The summed E-state index contributed by atoms with van der Waals surface area (Å²) in [6.07, 6.45) is 6.88. The molecule has 2 fully saturated rings. The maximum atomic E-state index is 13.9. The van der Waals surface area contributed by atoms with Crippen LogP contribution in [0.1, 0.15) is 55.6 Å². The van der Waals surface area contributed by atoms with E-state index < -0.39 is 0 Å². The van der Waals surface area contributed by atoms with Crippen molar-refractivity contribution in [1.82, 2.24) is 25.0 Å². The van der Waals surface area contributed by atoms with Gasteiger partial charge in [0.15, 0.2) is 5.82 Å². The molecule has 0 unspecified atom stereocenters. The van der Waals surface area contributed by atoms with E-state index in [4.69, 9.17) is 0 Å². The molecule has 2 aliphatic rings. The Morgan fingerprint density at radius 2 is 1.82 bits per heavy atom. The number of piperidine rings is 1. The number of nitrogens with one attached hydrogen (secondary N) is 1. The molecule has 1 N–H and O–H groups in total. The van der Waals surface area contributed by atoms with Crippen LogP contribution in [0.2, 0.25) is 0 Å². The van der Waals surface area contributed by atoms with Crippen molar-refractivity contribution < 1.29 is 14.0 Å². The van der Waals surface area contributed by atoms with Crippen LogP contribution in [0.5, 0.6) is 0 Å². The number of amides is 2. The third-order valence-corrected chi connectivity index (χ3v) is 7.56. The number of hydrogen-bond acceptors (Lipinski definition) is 5. The van der Waals surface area contributed by atoms with Crippen molar-refractivity contribution in [2.75, 3.05) is 13.1 Å². The zero-order chi connectivity index (χ0) is 23.5. The van der Waals surface area contributed by atoms with Gasteiger partial charge in [0.25, 0.3) is 5.91 Å². The Morgan fingerprint density at radius 1 is 1.03 bits per heavy atom. The highest BCUT2D eigenvalue weighted by Crippen LogP contribution is 2.27. The quantitative estimate of drug-likeness (QED) is 0.584. The fourth-order valence-electron chi connectivity index (χ4n) is 4.81. The molecular weight excluding hydrogens is 453 g/mol. The minimum Gasteiger partial charge on any atom is -0.353 e. The van der Waals surface area contributed by atoms with Crippen LogP contribution in [0.3, 0.4) is 0 Å². The first-order valence-electron chi connectivity index (χ1n) is 11.9. The molecule has 5 rings (SSSR count). The summed E-state index contributed by atoms with van der Waals surface area (Å²) in [6, 6.07) is 9.99. The van der Waals surface area contributed by atoms with E-state index in [0.29, 0.717) is 37.4 Å². The number of benzene rings is 1. The lowest BCUT2D eigenvalue weighted by atomic mass is 9.88. The summed E-state index contributed by atoms with van der Waals surface area (Å²) in [6.45, 7) is 1.08. The summed E-state index contributed by atoms with van der Waals surface area (Å²) in [5.41, 5.74) is 0.513. The monoisotopic (exact) mass is 481 g/mol. The smallest absolute Gasteiger partial charge is 0.293 e. The molecule has 0 spiro atoms. The Bertz CT molecular complexity index is 1150. The van der Waals surface area contributed by atoms with Crippen LogP contribution in [0.15, 0.2) is 41.8 Å². The highest BCUT2D eigenvalue weighted by Gasteiger charge is 2.30. The topological polar surface area (TPSA) is 80.1 Å². The Labute approximate surface area is 202 Å². The van der Waals surface area contributed by atoms with Crippen molar-refractivity contribution in [3.05, 3.63) is 53.4 Å². The van der Waals surface area contributed by atoms with Gasteiger partial charge in [-0.05, 0) is 55.3 Å². The first-order chi connectivity index (χ1) is 16.6. The van der Waals surface area contributed by atoms with E-state index >= 15 is 0 Å². The molecule has 1 saturated carbocycles. The van der Waals surface area contributed by atoms with Gasteiger partial charge in [0.2, 0.25) is 11.7 Å². The average molecular weight is 482 g/mol. The first kappa shape index (κ1) is 22.7. The predicted octanol–water partition coefficient (Wildman–Crippen LogP) is 4.44. The van der Waals surface area contributed by atoms with Crippen LogP contribution in [-0.2, 0) is 4.79 Å². The fraction of sp³-hybridized carbons (Fsp3) is 0.440. The minimum absolute atomic E-state index is 0.0948. The number of likely N-dealkylation sites (tertiary alicyclic amines) is 1. The number of rotatable bonds is 5. The molecule has 0 radical (unpaired) electrons. The van der Waals surface area contributed by atoms with Gasteiger partial charge < -0.3 is 10.2 Å². The van der Waals surface area contributed by atoms with E-state index in [-0.39, 0.29) is 35.4 Å². The van der Waals surface area contributed by atoms with Gasteiger partial charge >= 0.3 is 0 Å². The van der Waals surface area contributed by atoms with Crippen LogP contribution < -0.4 is 5.32 Å². The number of carbonyl (C=O) groups excluding carboxylic acids is 2. The van der Waals surface area contributed by atoms with E-state index in [2.05, 4.69) is 15.4 Å². The number of aromatic nitrogens is 3. The summed E-state index contributed by atoms with van der Waals surface area (Å²) >= 11 is 1.49. The van der Waals surface area contributed by atoms with Crippen LogP contribution in [0.25, 0.3) is 16.4 Å². The molecule has 0 bridgehead atoms. The minimum atomic E-state index is -0.379. The van der Waals surface area contributed by atoms with Gasteiger partial charge in [-0.3, -0.25) is 9.59 Å². The standard InChI is InChI=1S/C25H28FN5O2S/c26-18-8-4-9-20(16-18)31-23(21-10-5-15-34-21)28-22(29-31)25(33)30-13-11-19(12-14-30)27-24(32)17-6-2-1-3-7-17/h4-5,8-10,15-17,19H,1-3,6-7,11-14H2,(H,27,32). The lowest BCUT2D eigenvalue weighted by Gasteiger charge is -2.33. The highest BCUT2D eigenvalue weighted by atomic mass is 32.1. The maximum Gasteiger partial charge on any atom is 0.293 e. The molecule has 1 aromatic carbocycles. The maximum absolute atomic E-state index is 13.9. The van der Waals surface area contributed by atoms with Gasteiger partial charge in [0, 0.05) is 25.0 Å². The van der Waals surface area contributed by atoms with Gasteiger partial charge in [-0.25, -0.2) is 14.1 Å². The summed E-state index contributed by atoms with van der Waals surface area (Å²) in [7, 11) is 0. The van der Waals surface area contributed by atoms with Crippen molar-refractivity contribution in [3.8, 4) is 16.4 Å². The molecule has 3 heterocycles. The summed E-state index contributed by atoms with van der Waals surface area (Å²) in [5.74, 6) is 0.289. The Morgan fingerprint density at radius 3 is 2.53 bits per heavy atom. The Hall–Kier alpha value is -3.07. The van der Waals surface area contributed by atoms with E-state index in [1.807, 2.05) is 17.5 Å². The molecule has 0 atom stereocenters. The summed E-state index contributed by atoms with van der Waals surface area (Å²) in [4.78, 5) is 32.9.